The minimum atomic E-state index is -1.86. The van der Waals surface area contributed by atoms with Crippen molar-refractivity contribution in [1.82, 2.24) is 9.13 Å². The van der Waals surface area contributed by atoms with E-state index in [4.69, 9.17) is 0 Å². The van der Waals surface area contributed by atoms with Crippen molar-refractivity contribution in [3.63, 3.8) is 0 Å². The van der Waals surface area contributed by atoms with Crippen LogP contribution in [0.2, 0.25) is 13.1 Å². The minimum absolute atomic E-state index is 1.52. The molecule has 4 heteroatoms. The Balaban J connectivity index is 2.72. The highest BCUT2D eigenvalue weighted by Crippen LogP contribution is 2.23. The monoisotopic (exact) mass is 328 g/mol. The summed E-state index contributed by atoms with van der Waals surface area (Å²) in [6, 6.07) is 22.2. The van der Waals surface area contributed by atoms with Gasteiger partial charge in [-0.05, 0) is 38.6 Å². The van der Waals surface area contributed by atoms with Gasteiger partial charge in [-0.25, -0.2) is 0 Å². The van der Waals surface area contributed by atoms with E-state index in [1.54, 1.807) is 0 Å². The number of hydrogen-bond acceptors (Lipinski definition) is 2. The Hall–Kier alpha value is -1.21. The molecule has 2 atom stereocenters. The average Bonchev–Trinajstić information content (AvgIpc) is 2.54. The van der Waals surface area contributed by atoms with Gasteiger partial charge in [0.1, 0.15) is 0 Å². The second-order valence-corrected chi connectivity index (χ2v) is 19.7. The molecule has 2 aromatic carbocycles. The number of nitrogens with zero attached hydrogens (tertiary/aromatic N) is 2. The lowest BCUT2D eigenvalue weighted by atomic mass is 10.4. The molecule has 2 nitrogen and oxygen atoms in total. The van der Waals surface area contributed by atoms with Gasteiger partial charge in [0, 0.05) is 0 Å². The molecule has 0 saturated carbocycles. The second kappa shape index (κ2) is 6.50. The van der Waals surface area contributed by atoms with Gasteiger partial charge in [0.15, 0.2) is 15.5 Å². The first kappa shape index (κ1) is 17.2. The molecule has 2 aromatic rings. The first-order valence-electron chi connectivity index (χ1n) is 7.81. The summed E-state index contributed by atoms with van der Waals surface area (Å²) in [6.45, 7) is 5.06. The molecule has 0 aliphatic rings. The van der Waals surface area contributed by atoms with E-state index in [1.165, 1.54) is 10.4 Å². The maximum absolute atomic E-state index is 2.53. The zero-order valence-electron chi connectivity index (χ0n) is 14.7. The molecule has 0 aromatic heterocycles. The molecule has 0 aliphatic carbocycles. The third kappa shape index (κ3) is 2.60. The largest absolute Gasteiger partial charge is 0.326 e. The van der Waals surface area contributed by atoms with Crippen molar-refractivity contribution in [2.75, 3.05) is 28.2 Å². The maximum atomic E-state index is 2.53. The summed E-state index contributed by atoms with van der Waals surface area (Å²) >= 11 is 0. The highest BCUT2D eigenvalue weighted by Gasteiger charge is 2.55. The first-order valence-corrected chi connectivity index (χ1v) is 13.7. The Morgan fingerprint density at radius 1 is 0.545 bits per heavy atom. The van der Waals surface area contributed by atoms with E-state index in [1.807, 2.05) is 0 Å². The summed E-state index contributed by atoms with van der Waals surface area (Å²) in [6.07, 6.45) is 0. The predicted molar refractivity (Wildman–Crippen MR) is 103 cm³/mol. The van der Waals surface area contributed by atoms with Crippen LogP contribution in [0.3, 0.4) is 0 Å². The number of benzene rings is 2. The molecule has 0 radical (unpaired) electrons. The normalized spacial score (nSPS) is 17.3. The fraction of sp³-hybridized carbons (Fsp3) is 0.333. The van der Waals surface area contributed by atoms with Crippen LogP contribution in [0.25, 0.3) is 0 Å². The molecule has 118 valence electrons. The van der Waals surface area contributed by atoms with E-state index >= 15 is 0 Å². The van der Waals surface area contributed by atoms with Crippen LogP contribution in [0, 0.1) is 0 Å². The van der Waals surface area contributed by atoms with E-state index in [0.717, 1.165) is 0 Å². The van der Waals surface area contributed by atoms with Crippen LogP contribution in [-0.2, 0) is 0 Å². The van der Waals surface area contributed by atoms with Crippen molar-refractivity contribution in [1.29, 1.82) is 0 Å². The Morgan fingerprint density at radius 2 is 0.818 bits per heavy atom. The summed E-state index contributed by atoms with van der Waals surface area (Å²) in [5.74, 6) is 0. The van der Waals surface area contributed by atoms with E-state index < -0.39 is 15.5 Å². The van der Waals surface area contributed by atoms with Gasteiger partial charge in [0.25, 0.3) is 0 Å². The third-order valence-electron chi connectivity index (χ3n) is 5.41. The van der Waals surface area contributed by atoms with Crippen molar-refractivity contribution in [3.05, 3.63) is 60.7 Å². The molecule has 0 N–H and O–H groups in total. The SMILES string of the molecule is CN(C)[Si](C)(c1ccccc1)[Si](C)(c1ccccc1)N(C)C. The summed E-state index contributed by atoms with van der Waals surface area (Å²) in [5, 5.41) is 3.04. The topological polar surface area (TPSA) is 6.48 Å². The lowest BCUT2D eigenvalue weighted by molar-refractivity contribution is 0.607. The average molecular weight is 329 g/mol. The predicted octanol–water partition coefficient (Wildman–Crippen LogP) is 2.15. The Kier molecular flexibility index (Phi) is 5.07. The molecule has 0 saturated heterocycles. The van der Waals surface area contributed by atoms with Gasteiger partial charge in [-0.2, -0.15) is 0 Å². The smallest absolute Gasteiger partial charge is 0.168 e. The zero-order chi connectivity index (χ0) is 16.4. The first-order chi connectivity index (χ1) is 10.3. The molecule has 0 bridgehead atoms. The lowest BCUT2D eigenvalue weighted by Crippen LogP contribution is -2.83. The van der Waals surface area contributed by atoms with Crippen LogP contribution in [0.5, 0.6) is 0 Å². The summed E-state index contributed by atoms with van der Waals surface area (Å²) in [4.78, 5) is 0. The van der Waals surface area contributed by atoms with Crippen molar-refractivity contribution >= 4 is 25.9 Å². The van der Waals surface area contributed by atoms with E-state index in [2.05, 4.69) is 111 Å². The van der Waals surface area contributed by atoms with Crippen molar-refractivity contribution in [3.8, 4) is 0 Å². The van der Waals surface area contributed by atoms with Crippen LogP contribution in [0.4, 0.5) is 0 Å². The summed E-state index contributed by atoms with van der Waals surface area (Å²) < 4.78 is 5.06. The zero-order valence-corrected chi connectivity index (χ0v) is 16.7. The van der Waals surface area contributed by atoms with E-state index in [9.17, 15) is 0 Å². The van der Waals surface area contributed by atoms with Gasteiger partial charge in [0.05, 0.1) is 0 Å². The molecular weight excluding hydrogens is 300 g/mol. The minimum Gasteiger partial charge on any atom is -0.326 e. The van der Waals surface area contributed by atoms with Gasteiger partial charge in [0.2, 0.25) is 0 Å². The molecule has 0 fully saturated rings. The fourth-order valence-electron chi connectivity index (χ4n) is 3.47. The van der Waals surface area contributed by atoms with Crippen molar-refractivity contribution in [2.45, 2.75) is 13.1 Å². The van der Waals surface area contributed by atoms with Crippen LogP contribution >= 0.6 is 0 Å². The van der Waals surface area contributed by atoms with Gasteiger partial charge in [-0.15, -0.1) is 0 Å². The highest BCUT2D eigenvalue weighted by atomic mass is 29.3. The fourth-order valence-corrected chi connectivity index (χ4v) is 18.7. The van der Waals surface area contributed by atoms with Gasteiger partial charge >= 0.3 is 0 Å². The molecule has 0 spiro atoms. The summed E-state index contributed by atoms with van der Waals surface area (Å²) in [7, 11) is 5.32. The molecular formula is C18H28N2Si2. The van der Waals surface area contributed by atoms with Crippen molar-refractivity contribution in [2.24, 2.45) is 0 Å². The molecule has 0 amide bonds. The summed E-state index contributed by atoms with van der Waals surface area (Å²) in [5.41, 5.74) is 0. The lowest BCUT2D eigenvalue weighted by Gasteiger charge is -2.51. The van der Waals surface area contributed by atoms with Gasteiger partial charge in [-0.1, -0.05) is 73.8 Å². The standard InChI is InChI=1S/C18H28N2Si2/c1-19(2)21(5,17-13-9-7-10-14-17)22(6,20(3)4)18-15-11-8-12-16-18/h7-16H,1-6H3. The Bertz CT molecular complexity index is 545. The van der Waals surface area contributed by atoms with E-state index in [-0.39, 0.29) is 0 Å². The van der Waals surface area contributed by atoms with E-state index in [0.29, 0.717) is 0 Å². The van der Waals surface area contributed by atoms with Gasteiger partial charge < -0.3 is 9.13 Å². The molecule has 2 unspecified atom stereocenters. The molecule has 0 heterocycles. The number of rotatable bonds is 5. The Morgan fingerprint density at radius 3 is 1.05 bits per heavy atom. The van der Waals surface area contributed by atoms with Crippen LogP contribution in [0.15, 0.2) is 60.7 Å². The third-order valence-corrected chi connectivity index (χ3v) is 23.9. The van der Waals surface area contributed by atoms with Crippen molar-refractivity contribution < 1.29 is 0 Å². The number of hydrogen-bond donors (Lipinski definition) is 0. The highest BCUT2D eigenvalue weighted by molar-refractivity contribution is 7.48. The van der Waals surface area contributed by atoms with Crippen LogP contribution < -0.4 is 10.4 Å². The Labute approximate surface area is 137 Å². The van der Waals surface area contributed by atoms with Crippen LogP contribution in [-0.4, -0.2) is 52.8 Å². The van der Waals surface area contributed by atoms with Gasteiger partial charge in [-0.3, -0.25) is 0 Å². The molecule has 22 heavy (non-hydrogen) atoms. The maximum Gasteiger partial charge on any atom is 0.168 e. The van der Waals surface area contributed by atoms with Crippen LogP contribution in [0.1, 0.15) is 0 Å². The second-order valence-electron chi connectivity index (χ2n) is 6.67. The molecule has 0 aliphatic heterocycles. The molecule has 2 rings (SSSR count). The quantitative estimate of drug-likeness (QED) is 0.776.